The minimum atomic E-state index is -0.529. The second-order valence-corrected chi connectivity index (χ2v) is 3.04. The fourth-order valence-corrected chi connectivity index (χ4v) is 1.11. The highest BCUT2D eigenvalue weighted by Crippen LogP contribution is 1.92. The molecular weight excluding hydrogens is 182 g/mol. The summed E-state index contributed by atoms with van der Waals surface area (Å²) in [5.74, 6) is -0.687. The van der Waals surface area contributed by atoms with Crippen molar-refractivity contribution in [3.05, 3.63) is 0 Å². The van der Waals surface area contributed by atoms with E-state index in [1.54, 1.807) is 14.1 Å². The van der Waals surface area contributed by atoms with Gasteiger partial charge in [0, 0.05) is 6.42 Å². The van der Waals surface area contributed by atoms with Crippen molar-refractivity contribution >= 4 is 17.5 Å². The van der Waals surface area contributed by atoms with Gasteiger partial charge < -0.3 is 11.1 Å². The van der Waals surface area contributed by atoms with Crippen LogP contribution in [0.4, 0.5) is 0 Å². The first kappa shape index (κ1) is 12.8. The maximum Gasteiger partial charge on any atom is 0.400 e. The van der Waals surface area contributed by atoms with Gasteiger partial charge in [-0.15, -0.1) is 0 Å². The van der Waals surface area contributed by atoms with Gasteiger partial charge in [0.15, 0.2) is 0 Å². The molecule has 0 atom stereocenters. The lowest BCUT2D eigenvalue weighted by atomic mass is 10.2. The summed E-state index contributed by atoms with van der Waals surface area (Å²) >= 11 is 0. The average Bonchev–Trinajstić information content (AvgIpc) is 2.13. The van der Waals surface area contributed by atoms with Crippen molar-refractivity contribution in [3.63, 3.8) is 0 Å². The van der Waals surface area contributed by atoms with Crippen molar-refractivity contribution in [3.8, 4) is 0 Å². The van der Waals surface area contributed by atoms with Crippen molar-refractivity contribution in [2.24, 2.45) is 5.73 Å². The van der Waals surface area contributed by atoms with Gasteiger partial charge in [-0.3, -0.25) is 4.79 Å². The molecular formula is C9H18N3O2+. The lowest BCUT2D eigenvalue weighted by Gasteiger charge is -2.00. The van der Waals surface area contributed by atoms with Crippen LogP contribution in [0.5, 0.6) is 0 Å². The molecule has 0 spiro atoms. The number of amides is 2. The van der Waals surface area contributed by atoms with Gasteiger partial charge >= 0.3 is 11.8 Å². The van der Waals surface area contributed by atoms with Gasteiger partial charge in [0.2, 0.25) is 5.71 Å². The van der Waals surface area contributed by atoms with Gasteiger partial charge in [-0.05, 0) is 13.5 Å². The molecule has 14 heavy (non-hydrogen) atoms. The maximum absolute atomic E-state index is 11.4. The summed E-state index contributed by atoms with van der Waals surface area (Å²) in [4.78, 5) is 22.4. The van der Waals surface area contributed by atoms with Gasteiger partial charge in [0.05, 0.1) is 0 Å². The van der Waals surface area contributed by atoms with Crippen LogP contribution < -0.4 is 11.1 Å². The Morgan fingerprint density at radius 3 is 2.36 bits per heavy atom. The van der Waals surface area contributed by atoms with Crippen LogP contribution in [0, 0.1) is 0 Å². The third-order valence-electron chi connectivity index (χ3n) is 1.88. The Balaban J connectivity index is 4.79. The molecule has 0 unspecified atom stereocenters. The Morgan fingerprint density at radius 2 is 2.00 bits per heavy atom. The SMILES string of the molecule is CCCC(C(N)=O)=[N+](C)C(=O)CNC. The third-order valence-corrected chi connectivity index (χ3v) is 1.88. The number of hydrogen-bond acceptors (Lipinski definition) is 3. The molecule has 0 heterocycles. The molecule has 0 aliphatic carbocycles. The van der Waals surface area contributed by atoms with Crippen LogP contribution in [-0.2, 0) is 9.59 Å². The van der Waals surface area contributed by atoms with Crippen LogP contribution >= 0.6 is 0 Å². The maximum atomic E-state index is 11.4. The van der Waals surface area contributed by atoms with E-state index in [0.29, 0.717) is 12.1 Å². The van der Waals surface area contributed by atoms with Gasteiger partial charge in [-0.1, -0.05) is 6.92 Å². The molecule has 0 aromatic carbocycles. The lowest BCUT2D eigenvalue weighted by molar-refractivity contribution is -0.418. The molecule has 0 saturated heterocycles. The Labute approximate surface area is 84.0 Å². The van der Waals surface area contributed by atoms with E-state index in [4.69, 9.17) is 5.73 Å². The summed E-state index contributed by atoms with van der Waals surface area (Å²) in [6.45, 7) is 2.14. The Kier molecular flexibility index (Phi) is 5.71. The molecule has 0 saturated carbocycles. The number of nitrogens with two attached hydrogens (primary N) is 1. The van der Waals surface area contributed by atoms with E-state index in [-0.39, 0.29) is 12.5 Å². The fraction of sp³-hybridized carbons (Fsp3) is 0.667. The van der Waals surface area contributed by atoms with E-state index in [1.807, 2.05) is 6.92 Å². The molecule has 0 aliphatic heterocycles. The summed E-state index contributed by atoms with van der Waals surface area (Å²) < 4.78 is 1.32. The molecule has 2 amide bonds. The van der Waals surface area contributed by atoms with Crippen LogP contribution in [0.15, 0.2) is 0 Å². The van der Waals surface area contributed by atoms with E-state index >= 15 is 0 Å². The molecule has 80 valence electrons. The molecule has 0 aromatic heterocycles. The van der Waals surface area contributed by atoms with Gasteiger partial charge in [0.1, 0.15) is 13.6 Å². The fourth-order valence-electron chi connectivity index (χ4n) is 1.11. The average molecular weight is 200 g/mol. The first-order chi connectivity index (χ1) is 6.54. The van der Waals surface area contributed by atoms with Crippen LogP contribution in [0.2, 0.25) is 0 Å². The van der Waals surface area contributed by atoms with Crippen molar-refractivity contribution in [1.82, 2.24) is 5.32 Å². The number of likely N-dealkylation sites (N-methyl/N-ethyl adjacent to an activating group) is 2. The lowest BCUT2D eigenvalue weighted by Crippen LogP contribution is -2.37. The highest BCUT2D eigenvalue weighted by atomic mass is 16.2. The van der Waals surface area contributed by atoms with Crippen LogP contribution in [0.1, 0.15) is 19.8 Å². The predicted octanol–water partition coefficient (Wildman–Crippen LogP) is -0.899. The number of rotatable bonds is 5. The summed E-state index contributed by atoms with van der Waals surface area (Å²) in [6, 6.07) is 0. The summed E-state index contributed by atoms with van der Waals surface area (Å²) in [5.41, 5.74) is 5.54. The van der Waals surface area contributed by atoms with Crippen LogP contribution in [0.25, 0.3) is 0 Å². The predicted molar refractivity (Wildman–Crippen MR) is 54.2 cm³/mol. The number of nitrogens with one attached hydrogen (secondary N) is 1. The second kappa shape index (κ2) is 6.26. The smallest absolute Gasteiger partial charge is 0.361 e. The van der Waals surface area contributed by atoms with Crippen LogP contribution in [0.3, 0.4) is 0 Å². The number of carbonyl (C=O) groups is 2. The molecule has 0 bridgehead atoms. The van der Waals surface area contributed by atoms with E-state index < -0.39 is 5.91 Å². The third kappa shape index (κ3) is 3.66. The Bertz CT molecular complexity index is 259. The van der Waals surface area contributed by atoms with Crippen molar-refractivity contribution in [1.29, 1.82) is 0 Å². The van der Waals surface area contributed by atoms with Crippen LogP contribution in [-0.4, -0.2) is 42.7 Å². The van der Waals surface area contributed by atoms with Gasteiger partial charge in [-0.25, -0.2) is 4.79 Å². The monoisotopic (exact) mass is 200 g/mol. The summed E-state index contributed by atoms with van der Waals surface area (Å²) in [7, 11) is 3.24. The molecule has 0 aromatic rings. The minimum absolute atomic E-state index is 0.158. The topological polar surface area (TPSA) is 75.2 Å². The molecule has 5 nitrogen and oxygen atoms in total. The van der Waals surface area contributed by atoms with E-state index in [1.165, 1.54) is 4.58 Å². The molecule has 5 heteroatoms. The van der Waals surface area contributed by atoms with Crippen molar-refractivity contribution < 1.29 is 14.2 Å². The van der Waals surface area contributed by atoms with E-state index in [9.17, 15) is 9.59 Å². The van der Waals surface area contributed by atoms with Crippen molar-refractivity contribution in [2.45, 2.75) is 19.8 Å². The van der Waals surface area contributed by atoms with E-state index in [0.717, 1.165) is 6.42 Å². The molecule has 0 fully saturated rings. The molecule has 0 radical (unpaired) electrons. The zero-order valence-corrected chi connectivity index (χ0v) is 8.96. The van der Waals surface area contributed by atoms with Gasteiger partial charge in [-0.2, -0.15) is 4.58 Å². The quantitative estimate of drug-likeness (QED) is 0.446. The van der Waals surface area contributed by atoms with Crippen molar-refractivity contribution in [2.75, 3.05) is 20.6 Å². The first-order valence-electron chi connectivity index (χ1n) is 4.61. The summed E-state index contributed by atoms with van der Waals surface area (Å²) in [5, 5.41) is 2.73. The molecule has 0 rings (SSSR count). The molecule has 0 aliphatic rings. The highest BCUT2D eigenvalue weighted by Gasteiger charge is 2.22. The number of carbonyl (C=O) groups excluding carboxylic acids is 2. The minimum Gasteiger partial charge on any atom is -0.361 e. The zero-order valence-electron chi connectivity index (χ0n) is 8.96. The normalized spacial score (nSPS) is 12.2. The Morgan fingerprint density at radius 1 is 1.43 bits per heavy atom. The highest BCUT2D eigenvalue weighted by molar-refractivity contribution is 6.36. The first-order valence-corrected chi connectivity index (χ1v) is 4.61. The van der Waals surface area contributed by atoms with Gasteiger partial charge in [0.25, 0.3) is 0 Å². The second-order valence-electron chi connectivity index (χ2n) is 3.04. The number of nitrogens with zero attached hydrogens (tertiary/aromatic N) is 1. The number of primary amides is 1. The number of hydrogen-bond donors (Lipinski definition) is 2. The zero-order chi connectivity index (χ0) is 11.1. The van der Waals surface area contributed by atoms with E-state index in [2.05, 4.69) is 5.32 Å². The largest absolute Gasteiger partial charge is 0.400 e. The Hall–Kier alpha value is -1.23. The molecule has 3 N–H and O–H groups in total. The standard InChI is InChI=1S/C9H17N3O2/c1-4-5-7(9(10)14)12(3)8(13)6-11-2/h11H,4-6H2,1-3H3,(H-,10,14)/p+1. The summed E-state index contributed by atoms with van der Waals surface area (Å²) in [6.07, 6.45) is 1.32.